The molecule has 0 spiro atoms. The Morgan fingerprint density at radius 3 is 2.49 bits per heavy atom. The fraction of sp³-hybridized carbons (Fsp3) is 0.355. The van der Waals surface area contributed by atoms with E-state index in [1.807, 2.05) is 30.3 Å². The van der Waals surface area contributed by atoms with Crippen molar-refractivity contribution in [3.8, 4) is 5.75 Å². The molecule has 3 aromatic carbocycles. The lowest BCUT2D eigenvalue weighted by atomic mass is 10.0. The van der Waals surface area contributed by atoms with Crippen LogP contribution in [-0.2, 0) is 16.4 Å². The average Bonchev–Trinajstić information content (AvgIpc) is 3.48. The van der Waals surface area contributed by atoms with Crippen LogP contribution in [0.15, 0.2) is 65.6 Å². The van der Waals surface area contributed by atoms with E-state index in [-0.39, 0.29) is 23.2 Å². The number of ether oxygens (including phenoxy) is 1. The zero-order valence-corrected chi connectivity index (χ0v) is 26.7. The Morgan fingerprint density at radius 2 is 1.74 bits per heavy atom. The molecule has 2 aliphatic rings. The first-order chi connectivity index (χ1) is 20.3. The van der Waals surface area contributed by atoms with E-state index >= 15 is 0 Å². The number of benzene rings is 3. The maximum Gasteiger partial charge on any atom is 0.264 e. The monoisotopic (exact) mass is 641 g/mol. The van der Waals surface area contributed by atoms with E-state index in [1.54, 1.807) is 30.6 Å². The third-order valence-electron chi connectivity index (χ3n) is 8.04. The number of aromatic nitrogens is 1. The first-order valence-corrected chi connectivity index (χ1v) is 16.5. The number of halogens is 1. The van der Waals surface area contributed by atoms with Crippen molar-refractivity contribution < 1.29 is 17.9 Å². The number of sulfonamides is 1. The summed E-state index contributed by atoms with van der Waals surface area (Å²) in [6.07, 6.45) is 1.65. The number of piperazine rings is 1. The standard InChI is InChI=1S/C31H35N5O4S2.ClH/c1-22-9-14-27(40-2)28-29(22)41-31(33-28)35-20-18-34(19-21-35)17-15-32-30(37)24-10-12-25(13-11-24)42(38,39)36-16-5-7-23-6-3-4-8-26(23)36;/h3-4,6,8-14H,5,7,15-21H2,1-2H3,(H,32,37);1H. The highest BCUT2D eigenvalue weighted by Gasteiger charge is 2.29. The molecule has 0 saturated carbocycles. The minimum Gasteiger partial charge on any atom is -0.494 e. The number of thiazole rings is 1. The van der Waals surface area contributed by atoms with Gasteiger partial charge in [-0.1, -0.05) is 35.6 Å². The normalized spacial score (nSPS) is 15.6. The zero-order chi connectivity index (χ0) is 29.3. The Bertz CT molecular complexity index is 1700. The molecule has 1 amide bonds. The van der Waals surface area contributed by atoms with Gasteiger partial charge in [0.1, 0.15) is 11.3 Å². The van der Waals surface area contributed by atoms with Crippen LogP contribution in [0.5, 0.6) is 5.75 Å². The number of rotatable bonds is 8. The van der Waals surface area contributed by atoms with Crippen LogP contribution in [0.3, 0.4) is 0 Å². The SMILES string of the molecule is COc1ccc(C)c2sc(N3CCN(CCNC(=O)c4ccc(S(=O)(=O)N5CCCc6ccccc65)cc4)CC3)nc12.Cl. The Kier molecular flexibility index (Phi) is 9.45. The number of fused-ring (bicyclic) bond motifs is 2. The van der Waals surface area contributed by atoms with Gasteiger partial charge >= 0.3 is 0 Å². The highest BCUT2D eigenvalue weighted by molar-refractivity contribution is 7.92. The first kappa shape index (κ1) is 31.1. The van der Waals surface area contributed by atoms with Crippen LogP contribution in [-0.4, -0.2) is 77.1 Å². The lowest BCUT2D eigenvalue weighted by Gasteiger charge is -2.34. The molecule has 2 aliphatic heterocycles. The molecule has 1 saturated heterocycles. The maximum absolute atomic E-state index is 13.4. The molecule has 3 heterocycles. The minimum absolute atomic E-state index is 0. The Morgan fingerprint density at radius 1 is 1.00 bits per heavy atom. The van der Waals surface area contributed by atoms with Gasteiger partial charge in [0.2, 0.25) is 0 Å². The van der Waals surface area contributed by atoms with E-state index in [0.717, 1.165) is 77.9 Å². The molecule has 0 radical (unpaired) electrons. The summed E-state index contributed by atoms with van der Waals surface area (Å²) >= 11 is 1.71. The van der Waals surface area contributed by atoms with Crippen LogP contribution in [0.4, 0.5) is 10.8 Å². The quantitative estimate of drug-likeness (QED) is 0.297. The number of anilines is 2. The van der Waals surface area contributed by atoms with Crippen molar-refractivity contribution in [2.24, 2.45) is 0 Å². The summed E-state index contributed by atoms with van der Waals surface area (Å²) in [5.41, 5.74) is 4.34. The number of hydrogen-bond acceptors (Lipinski definition) is 8. The first-order valence-electron chi connectivity index (χ1n) is 14.3. The third kappa shape index (κ3) is 6.31. The molecule has 0 atom stereocenters. The van der Waals surface area contributed by atoms with Gasteiger partial charge in [-0.05, 0) is 67.3 Å². The fourth-order valence-electron chi connectivity index (χ4n) is 5.65. The van der Waals surface area contributed by atoms with Crippen molar-refractivity contribution in [2.75, 3.05) is 62.1 Å². The molecule has 0 bridgehead atoms. The molecule has 1 N–H and O–H groups in total. The Balaban J connectivity index is 0.00000368. The second kappa shape index (κ2) is 13.1. The second-order valence-corrected chi connectivity index (χ2v) is 13.5. The van der Waals surface area contributed by atoms with Crippen LogP contribution in [0, 0.1) is 6.92 Å². The number of aryl methyl sites for hydroxylation is 2. The molecule has 9 nitrogen and oxygen atoms in total. The number of hydrogen-bond donors (Lipinski definition) is 1. The van der Waals surface area contributed by atoms with Crippen molar-refractivity contribution in [2.45, 2.75) is 24.7 Å². The summed E-state index contributed by atoms with van der Waals surface area (Å²) in [5, 5.41) is 4.00. The summed E-state index contributed by atoms with van der Waals surface area (Å²) in [5.74, 6) is 0.594. The van der Waals surface area contributed by atoms with Crippen molar-refractivity contribution in [3.63, 3.8) is 0 Å². The van der Waals surface area contributed by atoms with E-state index in [9.17, 15) is 13.2 Å². The number of carbonyl (C=O) groups is 1. The van der Waals surface area contributed by atoms with Gasteiger partial charge in [-0.2, -0.15) is 0 Å². The molecule has 6 rings (SSSR count). The van der Waals surface area contributed by atoms with E-state index < -0.39 is 10.0 Å². The molecular formula is C31H36ClN5O4S2. The highest BCUT2D eigenvalue weighted by atomic mass is 35.5. The van der Waals surface area contributed by atoms with Crippen LogP contribution in [0.2, 0.25) is 0 Å². The van der Waals surface area contributed by atoms with Gasteiger partial charge < -0.3 is 15.0 Å². The fourth-order valence-corrected chi connectivity index (χ4v) is 8.29. The Labute approximate surface area is 262 Å². The number of amides is 1. The minimum atomic E-state index is -3.71. The Hall–Kier alpha value is -3.38. The molecule has 1 fully saturated rings. The summed E-state index contributed by atoms with van der Waals surface area (Å²) in [6.45, 7) is 7.31. The summed E-state index contributed by atoms with van der Waals surface area (Å²) in [4.78, 5) is 22.5. The molecule has 0 aliphatic carbocycles. The van der Waals surface area contributed by atoms with Crippen LogP contribution < -0.4 is 19.3 Å². The van der Waals surface area contributed by atoms with Gasteiger partial charge in [0.25, 0.3) is 15.9 Å². The smallest absolute Gasteiger partial charge is 0.264 e. The topological polar surface area (TPSA) is 95.1 Å². The summed E-state index contributed by atoms with van der Waals surface area (Å²) in [7, 11) is -2.03. The van der Waals surface area contributed by atoms with Crippen LogP contribution >= 0.6 is 23.7 Å². The molecule has 228 valence electrons. The number of para-hydroxylation sites is 1. The molecule has 4 aromatic rings. The molecule has 12 heteroatoms. The van der Waals surface area contributed by atoms with E-state index in [0.29, 0.717) is 18.7 Å². The largest absolute Gasteiger partial charge is 0.494 e. The van der Waals surface area contributed by atoms with Gasteiger partial charge in [-0.25, -0.2) is 13.4 Å². The summed E-state index contributed by atoms with van der Waals surface area (Å²) in [6, 6.07) is 17.9. The van der Waals surface area contributed by atoms with Crippen molar-refractivity contribution in [3.05, 3.63) is 77.4 Å². The van der Waals surface area contributed by atoms with Crippen molar-refractivity contribution >= 4 is 60.7 Å². The van der Waals surface area contributed by atoms with Crippen molar-refractivity contribution in [1.82, 2.24) is 15.2 Å². The number of carbonyl (C=O) groups excluding carboxylic acids is 1. The maximum atomic E-state index is 13.4. The van der Waals surface area contributed by atoms with Gasteiger partial charge in [0.15, 0.2) is 5.13 Å². The average molecular weight is 642 g/mol. The predicted octanol–water partition coefficient (Wildman–Crippen LogP) is 4.73. The molecular weight excluding hydrogens is 606 g/mol. The van der Waals surface area contributed by atoms with Gasteiger partial charge in [-0.3, -0.25) is 14.0 Å². The predicted molar refractivity (Wildman–Crippen MR) is 175 cm³/mol. The van der Waals surface area contributed by atoms with Gasteiger partial charge in [0, 0.05) is 51.4 Å². The second-order valence-electron chi connectivity index (χ2n) is 10.7. The lowest BCUT2D eigenvalue weighted by molar-refractivity contribution is 0.0947. The zero-order valence-electron chi connectivity index (χ0n) is 24.3. The van der Waals surface area contributed by atoms with Crippen LogP contribution in [0.1, 0.15) is 27.9 Å². The third-order valence-corrected chi connectivity index (χ3v) is 11.1. The number of nitrogens with zero attached hydrogens (tertiary/aromatic N) is 4. The van der Waals surface area contributed by atoms with Crippen LogP contribution in [0.25, 0.3) is 10.2 Å². The lowest BCUT2D eigenvalue weighted by Crippen LogP contribution is -2.48. The van der Waals surface area contributed by atoms with Gasteiger partial charge in [-0.15, -0.1) is 12.4 Å². The molecule has 43 heavy (non-hydrogen) atoms. The molecule has 1 aromatic heterocycles. The van der Waals surface area contributed by atoms with Crippen molar-refractivity contribution in [1.29, 1.82) is 0 Å². The molecule has 0 unspecified atom stereocenters. The van der Waals surface area contributed by atoms with E-state index in [2.05, 4.69) is 28.1 Å². The van der Waals surface area contributed by atoms with E-state index in [1.165, 1.54) is 22.0 Å². The van der Waals surface area contributed by atoms with Gasteiger partial charge in [0.05, 0.1) is 22.4 Å². The number of methoxy groups -OCH3 is 1. The summed E-state index contributed by atoms with van der Waals surface area (Å²) < 4.78 is 34.9. The highest BCUT2D eigenvalue weighted by Crippen LogP contribution is 2.36. The van der Waals surface area contributed by atoms with E-state index in [4.69, 9.17) is 9.72 Å². The number of nitrogens with one attached hydrogen (secondary N) is 1.